The lowest BCUT2D eigenvalue weighted by Gasteiger charge is -2.18. The third-order valence-corrected chi connectivity index (χ3v) is 4.82. The SMILES string of the molecule is CN(C)c1ccccc1NS(=O)(=O)c1ccc(Br)cc1N. The standard InChI is InChI=1S/C14H16BrN3O2S/c1-18(2)13-6-4-3-5-12(13)17-21(19,20)14-8-7-10(15)9-11(14)16/h3-9,17H,16H2,1-2H3. The molecule has 112 valence electrons. The summed E-state index contributed by atoms with van der Waals surface area (Å²) in [4.78, 5) is 1.89. The summed E-state index contributed by atoms with van der Waals surface area (Å²) >= 11 is 3.26. The number of para-hydroxylation sites is 2. The molecule has 0 aliphatic carbocycles. The van der Waals surface area contributed by atoms with Gasteiger partial charge in [-0.25, -0.2) is 8.42 Å². The number of nitrogens with two attached hydrogens (primary N) is 1. The van der Waals surface area contributed by atoms with Crippen LogP contribution in [0, 0.1) is 0 Å². The van der Waals surface area contributed by atoms with Crippen LogP contribution in [0.1, 0.15) is 0 Å². The molecule has 0 unspecified atom stereocenters. The molecule has 7 heteroatoms. The summed E-state index contributed by atoms with van der Waals surface area (Å²) in [7, 11) is -0.0426. The molecule has 0 aliphatic rings. The van der Waals surface area contributed by atoms with Crippen LogP contribution in [0.2, 0.25) is 0 Å². The van der Waals surface area contributed by atoms with E-state index in [0.717, 1.165) is 10.2 Å². The Bertz CT molecular complexity index is 761. The topological polar surface area (TPSA) is 75.4 Å². The van der Waals surface area contributed by atoms with E-state index in [-0.39, 0.29) is 10.6 Å². The highest BCUT2D eigenvalue weighted by atomic mass is 79.9. The molecule has 3 N–H and O–H groups in total. The van der Waals surface area contributed by atoms with Crippen molar-refractivity contribution in [1.29, 1.82) is 0 Å². The fourth-order valence-corrected chi connectivity index (χ4v) is 3.48. The zero-order valence-electron chi connectivity index (χ0n) is 11.7. The number of nitrogen functional groups attached to an aromatic ring is 1. The zero-order valence-corrected chi connectivity index (χ0v) is 14.1. The summed E-state index contributed by atoms with van der Waals surface area (Å²) in [5.41, 5.74) is 7.27. The number of hydrogen-bond donors (Lipinski definition) is 2. The molecule has 0 aliphatic heterocycles. The van der Waals surface area contributed by atoms with Crippen LogP contribution < -0.4 is 15.4 Å². The fourth-order valence-electron chi connectivity index (χ4n) is 1.91. The highest BCUT2D eigenvalue weighted by Crippen LogP contribution is 2.29. The van der Waals surface area contributed by atoms with E-state index in [4.69, 9.17) is 5.73 Å². The number of nitrogens with zero attached hydrogens (tertiary/aromatic N) is 1. The second-order valence-corrected chi connectivity index (χ2v) is 7.27. The third-order valence-electron chi connectivity index (χ3n) is 2.89. The van der Waals surface area contributed by atoms with Gasteiger partial charge in [0.15, 0.2) is 0 Å². The van der Waals surface area contributed by atoms with Crippen molar-refractivity contribution in [3.63, 3.8) is 0 Å². The van der Waals surface area contributed by atoms with Gasteiger partial charge in [-0.1, -0.05) is 28.1 Å². The number of hydrogen-bond acceptors (Lipinski definition) is 4. The van der Waals surface area contributed by atoms with Crippen LogP contribution in [0.15, 0.2) is 51.8 Å². The van der Waals surface area contributed by atoms with E-state index < -0.39 is 10.0 Å². The molecule has 21 heavy (non-hydrogen) atoms. The van der Waals surface area contributed by atoms with Gasteiger partial charge in [0.2, 0.25) is 0 Å². The number of halogens is 1. The molecule has 0 spiro atoms. The van der Waals surface area contributed by atoms with Crippen LogP contribution in [0.3, 0.4) is 0 Å². The van der Waals surface area contributed by atoms with Gasteiger partial charge >= 0.3 is 0 Å². The smallest absolute Gasteiger partial charge is 0.264 e. The van der Waals surface area contributed by atoms with Gasteiger partial charge in [-0.3, -0.25) is 4.72 Å². The van der Waals surface area contributed by atoms with Crippen molar-refractivity contribution in [3.05, 3.63) is 46.9 Å². The van der Waals surface area contributed by atoms with Crippen molar-refractivity contribution in [2.24, 2.45) is 0 Å². The van der Waals surface area contributed by atoms with E-state index in [1.54, 1.807) is 24.3 Å². The van der Waals surface area contributed by atoms with Crippen molar-refractivity contribution in [3.8, 4) is 0 Å². The molecular formula is C14H16BrN3O2S. The van der Waals surface area contributed by atoms with Crippen molar-refractivity contribution in [2.75, 3.05) is 29.5 Å². The van der Waals surface area contributed by atoms with E-state index in [9.17, 15) is 8.42 Å². The summed E-state index contributed by atoms with van der Waals surface area (Å²) in [6.45, 7) is 0. The van der Waals surface area contributed by atoms with Gasteiger partial charge in [-0.15, -0.1) is 0 Å². The molecule has 0 atom stereocenters. The number of nitrogens with one attached hydrogen (secondary N) is 1. The number of sulfonamides is 1. The minimum atomic E-state index is -3.74. The molecular weight excluding hydrogens is 354 g/mol. The van der Waals surface area contributed by atoms with E-state index in [1.807, 2.05) is 31.1 Å². The molecule has 2 aromatic rings. The quantitative estimate of drug-likeness (QED) is 0.812. The summed E-state index contributed by atoms with van der Waals surface area (Å²) in [6, 6.07) is 11.8. The largest absolute Gasteiger partial charge is 0.398 e. The van der Waals surface area contributed by atoms with Crippen molar-refractivity contribution < 1.29 is 8.42 Å². The van der Waals surface area contributed by atoms with Gasteiger partial charge < -0.3 is 10.6 Å². The van der Waals surface area contributed by atoms with Crippen LogP contribution in [0.5, 0.6) is 0 Å². The third kappa shape index (κ3) is 3.48. The maximum atomic E-state index is 12.5. The fraction of sp³-hybridized carbons (Fsp3) is 0.143. The molecule has 0 radical (unpaired) electrons. The van der Waals surface area contributed by atoms with Gasteiger partial charge in [-0.2, -0.15) is 0 Å². The monoisotopic (exact) mass is 369 g/mol. The average molecular weight is 370 g/mol. The molecule has 0 saturated carbocycles. The molecule has 0 heterocycles. The predicted molar refractivity (Wildman–Crippen MR) is 90.1 cm³/mol. The number of benzene rings is 2. The number of anilines is 3. The second kappa shape index (κ2) is 5.95. The average Bonchev–Trinajstić information content (AvgIpc) is 2.37. The molecule has 0 fully saturated rings. The molecule has 5 nitrogen and oxygen atoms in total. The molecule has 2 rings (SSSR count). The summed E-state index contributed by atoms with van der Waals surface area (Å²) in [6.07, 6.45) is 0. The molecule has 0 aromatic heterocycles. The van der Waals surface area contributed by atoms with Crippen molar-refractivity contribution in [1.82, 2.24) is 0 Å². The van der Waals surface area contributed by atoms with Crippen LogP contribution in [0.4, 0.5) is 17.1 Å². The first-order valence-corrected chi connectivity index (χ1v) is 8.43. The van der Waals surface area contributed by atoms with Crippen LogP contribution >= 0.6 is 15.9 Å². The highest BCUT2D eigenvalue weighted by Gasteiger charge is 2.19. The summed E-state index contributed by atoms with van der Waals surface area (Å²) in [5.74, 6) is 0. The van der Waals surface area contributed by atoms with Crippen LogP contribution in [-0.2, 0) is 10.0 Å². The van der Waals surface area contributed by atoms with E-state index in [0.29, 0.717) is 5.69 Å². The Morgan fingerprint density at radius 2 is 1.81 bits per heavy atom. The maximum Gasteiger partial charge on any atom is 0.264 e. The Morgan fingerprint density at radius 1 is 1.14 bits per heavy atom. The highest BCUT2D eigenvalue weighted by molar-refractivity contribution is 9.10. The Morgan fingerprint density at radius 3 is 2.43 bits per heavy atom. The lowest BCUT2D eigenvalue weighted by molar-refractivity contribution is 0.601. The molecule has 0 bridgehead atoms. The molecule has 0 saturated heterocycles. The molecule has 2 aromatic carbocycles. The normalized spacial score (nSPS) is 11.2. The van der Waals surface area contributed by atoms with Gasteiger partial charge in [0.25, 0.3) is 10.0 Å². The zero-order chi connectivity index (χ0) is 15.6. The van der Waals surface area contributed by atoms with Crippen LogP contribution in [-0.4, -0.2) is 22.5 Å². The Hall–Kier alpha value is -1.73. The van der Waals surface area contributed by atoms with Crippen molar-refractivity contribution in [2.45, 2.75) is 4.90 Å². The van der Waals surface area contributed by atoms with Crippen molar-refractivity contribution >= 4 is 43.0 Å². The minimum Gasteiger partial charge on any atom is -0.398 e. The first-order valence-electron chi connectivity index (χ1n) is 6.15. The lowest BCUT2D eigenvalue weighted by atomic mass is 10.2. The minimum absolute atomic E-state index is 0.0549. The number of rotatable bonds is 4. The second-order valence-electron chi connectivity index (χ2n) is 4.70. The maximum absolute atomic E-state index is 12.5. The van der Waals surface area contributed by atoms with Gasteiger partial charge in [0.05, 0.1) is 17.1 Å². The lowest BCUT2D eigenvalue weighted by Crippen LogP contribution is -2.18. The summed E-state index contributed by atoms with van der Waals surface area (Å²) < 4.78 is 28.3. The van der Waals surface area contributed by atoms with Gasteiger partial charge in [0, 0.05) is 18.6 Å². The van der Waals surface area contributed by atoms with E-state index in [1.165, 1.54) is 6.07 Å². The molecule has 0 amide bonds. The van der Waals surface area contributed by atoms with Gasteiger partial charge in [-0.05, 0) is 30.3 Å². The van der Waals surface area contributed by atoms with E-state index >= 15 is 0 Å². The first kappa shape index (κ1) is 15.7. The van der Waals surface area contributed by atoms with Crippen LogP contribution in [0.25, 0.3) is 0 Å². The van der Waals surface area contributed by atoms with E-state index in [2.05, 4.69) is 20.7 Å². The first-order chi connectivity index (χ1) is 9.81. The van der Waals surface area contributed by atoms with Gasteiger partial charge in [0.1, 0.15) is 4.90 Å². The Labute approximate surface area is 132 Å². The summed E-state index contributed by atoms with van der Waals surface area (Å²) in [5, 5.41) is 0. The Kier molecular flexibility index (Phi) is 4.43. The predicted octanol–water partition coefficient (Wildman–Crippen LogP) is 2.90. The Balaban J connectivity index is 2.43.